The molecular weight excluding hydrogens is 550 g/mol. The first-order valence-electron chi connectivity index (χ1n) is 13.6. The highest BCUT2D eigenvalue weighted by atomic mass is 35.5. The van der Waals surface area contributed by atoms with Crippen LogP contribution in [0, 0.1) is 11.3 Å². The molecule has 6 rings (SSSR count). The molecule has 1 unspecified atom stereocenters. The van der Waals surface area contributed by atoms with E-state index in [0.29, 0.717) is 42.5 Å². The molecule has 1 aliphatic heterocycles. The number of amides is 1. The number of imidazole rings is 1. The molecule has 1 aromatic carbocycles. The number of likely N-dealkylation sites (N-methyl/N-ethyl adjacent to an activating group) is 1. The third-order valence-corrected chi connectivity index (χ3v) is 7.91. The molecule has 1 fully saturated rings. The molecule has 10 nitrogen and oxygen atoms in total. The lowest BCUT2D eigenvalue weighted by atomic mass is 10.0. The van der Waals surface area contributed by atoms with Gasteiger partial charge in [0.05, 0.1) is 18.1 Å². The second-order valence-electron chi connectivity index (χ2n) is 10.6. The summed E-state index contributed by atoms with van der Waals surface area (Å²) in [7, 11) is 5.72. The molecule has 4 aromatic heterocycles. The maximum atomic E-state index is 13.5. The lowest BCUT2D eigenvalue weighted by molar-refractivity contribution is -0.136. The quantitative estimate of drug-likeness (QED) is 0.296. The number of aromatic nitrogens is 5. The molecule has 0 radical (unpaired) electrons. The number of carbonyl (C=O) groups is 1. The highest BCUT2D eigenvalue weighted by Crippen LogP contribution is 2.30. The average Bonchev–Trinajstić information content (AvgIpc) is 3.64. The third-order valence-electron chi connectivity index (χ3n) is 7.65. The predicted octanol–water partition coefficient (Wildman–Crippen LogP) is 4.27. The topological polar surface area (TPSA) is 98.6 Å². The van der Waals surface area contributed by atoms with Crippen LogP contribution in [-0.4, -0.2) is 80.1 Å². The summed E-state index contributed by atoms with van der Waals surface area (Å²) in [6, 6.07) is 17.3. The smallest absolute Gasteiger partial charge is 0.244 e. The number of fused-ring (bicyclic) bond motifs is 1. The Bertz CT molecular complexity index is 1780. The van der Waals surface area contributed by atoms with Gasteiger partial charge in [0.2, 0.25) is 5.91 Å². The van der Waals surface area contributed by atoms with Crippen molar-refractivity contribution in [1.29, 1.82) is 5.26 Å². The fraction of sp³-hybridized carbons (Fsp3) is 0.258. The Morgan fingerprint density at radius 1 is 0.952 bits per heavy atom. The second kappa shape index (κ2) is 11.3. The number of rotatable bonds is 6. The van der Waals surface area contributed by atoms with Crippen molar-refractivity contribution in [3.63, 3.8) is 0 Å². The zero-order valence-electron chi connectivity index (χ0n) is 23.6. The largest absolute Gasteiger partial charge is 0.353 e. The number of benzene rings is 1. The molecule has 5 aromatic rings. The first kappa shape index (κ1) is 27.4. The van der Waals surface area contributed by atoms with Crippen LogP contribution in [0.25, 0.3) is 28.0 Å². The van der Waals surface area contributed by atoms with Crippen molar-refractivity contribution in [1.82, 2.24) is 33.9 Å². The van der Waals surface area contributed by atoms with Gasteiger partial charge in [0, 0.05) is 61.8 Å². The van der Waals surface area contributed by atoms with Gasteiger partial charge in [-0.3, -0.25) is 18.8 Å². The first-order valence-corrected chi connectivity index (χ1v) is 14.0. The molecule has 1 amide bonds. The summed E-state index contributed by atoms with van der Waals surface area (Å²) in [6.45, 7) is 2.57. The molecular formula is C31H30ClN9O. The third kappa shape index (κ3) is 5.20. The first-order chi connectivity index (χ1) is 20.3. The number of nitrogens with zero attached hydrogens (tertiary/aromatic N) is 9. The van der Waals surface area contributed by atoms with Gasteiger partial charge in [0.25, 0.3) is 0 Å². The monoisotopic (exact) mass is 579 g/mol. The van der Waals surface area contributed by atoms with Crippen molar-refractivity contribution < 1.29 is 4.79 Å². The van der Waals surface area contributed by atoms with E-state index in [1.54, 1.807) is 10.9 Å². The van der Waals surface area contributed by atoms with E-state index in [9.17, 15) is 10.1 Å². The van der Waals surface area contributed by atoms with Crippen LogP contribution in [0.1, 0.15) is 17.3 Å². The van der Waals surface area contributed by atoms with Gasteiger partial charge < -0.3 is 9.80 Å². The summed E-state index contributed by atoms with van der Waals surface area (Å²) in [6.07, 6.45) is 7.18. The Balaban J connectivity index is 1.21. The van der Waals surface area contributed by atoms with E-state index in [1.165, 1.54) is 0 Å². The molecule has 42 heavy (non-hydrogen) atoms. The van der Waals surface area contributed by atoms with Gasteiger partial charge in [0.1, 0.15) is 29.3 Å². The van der Waals surface area contributed by atoms with Crippen molar-refractivity contribution in [3.05, 3.63) is 89.6 Å². The van der Waals surface area contributed by atoms with E-state index in [0.717, 1.165) is 33.8 Å². The standard InChI is InChI=1S/C31H30ClN9O/c1-37(2)30(21-4-7-25(32)8-5-21)31(42)40-12-10-39(11-13-40)28-9-6-22(17-34-28)27-14-23(24-18-36-38(3)20-24)15-29-35-19-26(16-33)41(27)29/h4-9,14-15,17-20,30H,10-13H2,1-3H3. The van der Waals surface area contributed by atoms with Gasteiger partial charge in [-0.1, -0.05) is 23.7 Å². The summed E-state index contributed by atoms with van der Waals surface area (Å²) in [5.74, 6) is 0.926. The van der Waals surface area contributed by atoms with E-state index in [4.69, 9.17) is 16.6 Å². The summed E-state index contributed by atoms with van der Waals surface area (Å²) in [5, 5.41) is 14.7. The van der Waals surface area contributed by atoms with Gasteiger partial charge in [-0.25, -0.2) is 9.97 Å². The number of pyridine rings is 2. The number of halogens is 1. The Kier molecular flexibility index (Phi) is 7.37. The van der Waals surface area contributed by atoms with E-state index in [2.05, 4.69) is 21.1 Å². The molecule has 212 valence electrons. The fourth-order valence-corrected chi connectivity index (χ4v) is 5.63. The van der Waals surface area contributed by atoms with E-state index >= 15 is 0 Å². The fourth-order valence-electron chi connectivity index (χ4n) is 5.50. The minimum Gasteiger partial charge on any atom is -0.353 e. The van der Waals surface area contributed by atoms with Crippen LogP contribution >= 0.6 is 11.6 Å². The molecule has 11 heteroatoms. The van der Waals surface area contributed by atoms with Crippen molar-refractivity contribution in [2.24, 2.45) is 7.05 Å². The Labute approximate surface area is 249 Å². The zero-order valence-corrected chi connectivity index (χ0v) is 24.4. The highest BCUT2D eigenvalue weighted by Gasteiger charge is 2.30. The molecule has 1 atom stereocenters. The number of piperazine rings is 1. The second-order valence-corrected chi connectivity index (χ2v) is 11.1. The van der Waals surface area contributed by atoms with Crippen molar-refractivity contribution >= 4 is 29.0 Å². The minimum atomic E-state index is -0.369. The predicted molar refractivity (Wildman–Crippen MR) is 162 cm³/mol. The normalized spacial score (nSPS) is 14.4. The molecule has 0 N–H and O–H groups in total. The van der Waals surface area contributed by atoms with Gasteiger partial charge in [0.15, 0.2) is 0 Å². The van der Waals surface area contributed by atoms with Crippen LogP contribution in [-0.2, 0) is 11.8 Å². The molecule has 1 aliphatic rings. The van der Waals surface area contributed by atoms with Gasteiger partial charge >= 0.3 is 0 Å². The van der Waals surface area contributed by atoms with Gasteiger partial charge in [-0.05, 0) is 61.6 Å². The Hall–Kier alpha value is -4.72. The van der Waals surface area contributed by atoms with Crippen molar-refractivity contribution in [2.75, 3.05) is 45.2 Å². The van der Waals surface area contributed by atoms with E-state index in [1.807, 2.05) is 102 Å². The lowest BCUT2D eigenvalue weighted by Gasteiger charge is -2.38. The summed E-state index contributed by atoms with van der Waals surface area (Å²) in [5.41, 5.74) is 5.68. The summed E-state index contributed by atoms with van der Waals surface area (Å²) < 4.78 is 3.61. The molecule has 0 saturated carbocycles. The maximum absolute atomic E-state index is 13.5. The molecule has 5 heterocycles. The molecule has 0 spiro atoms. The van der Waals surface area contributed by atoms with Crippen LogP contribution in [0.5, 0.6) is 0 Å². The van der Waals surface area contributed by atoms with Crippen LogP contribution < -0.4 is 4.90 Å². The zero-order chi connectivity index (χ0) is 29.4. The van der Waals surface area contributed by atoms with Crippen LogP contribution in [0.15, 0.2) is 73.3 Å². The summed E-state index contributed by atoms with van der Waals surface area (Å²) in [4.78, 5) is 28.8. The van der Waals surface area contributed by atoms with Crippen LogP contribution in [0.2, 0.25) is 5.02 Å². The number of anilines is 1. The number of carbonyl (C=O) groups excluding carboxylic acids is 1. The lowest BCUT2D eigenvalue weighted by Crippen LogP contribution is -2.51. The molecule has 0 aliphatic carbocycles. The van der Waals surface area contributed by atoms with Crippen molar-refractivity contribution in [3.8, 4) is 28.5 Å². The van der Waals surface area contributed by atoms with Crippen molar-refractivity contribution in [2.45, 2.75) is 6.04 Å². The highest BCUT2D eigenvalue weighted by molar-refractivity contribution is 6.30. The number of aryl methyl sites for hydroxylation is 1. The SMILES string of the molecule is CN(C)C(C(=O)N1CCN(c2ccc(-c3cc(-c4cnn(C)c4)cc4ncc(C#N)n34)cn2)CC1)c1ccc(Cl)cc1. The molecule has 1 saturated heterocycles. The minimum absolute atomic E-state index is 0.0800. The Morgan fingerprint density at radius 2 is 1.71 bits per heavy atom. The summed E-state index contributed by atoms with van der Waals surface area (Å²) >= 11 is 6.07. The van der Waals surface area contributed by atoms with E-state index in [-0.39, 0.29) is 11.9 Å². The van der Waals surface area contributed by atoms with Crippen LogP contribution in [0.4, 0.5) is 5.82 Å². The maximum Gasteiger partial charge on any atom is 0.244 e. The van der Waals surface area contributed by atoms with Gasteiger partial charge in [-0.15, -0.1) is 0 Å². The van der Waals surface area contributed by atoms with E-state index < -0.39 is 0 Å². The number of hydrogen-bond acceptors (Lipinski definition) is 7. The van der Waals surface area contributed by atoms with Crippen LogP contribution in [0.3, 0.4) is 0 Å². The number of hydrogen-bond donors (Lipinski definition) is 0. The number of nitriles is 1. The average molecular weight is 580 g/mol. The van der Waals surface area contributed by atoms with Gasteiger partial charge in [-0.2, -0.15) is 10.4 Å². The Morgan fingerprint density at radius 3 is 2.33 bits per heavy atom. The molecule has 0 bridgehead atoms.